The molecule has 6 nitrogen and oxygen atoms in total. The SMILES string of the molecule is O=S(=O)(c1ccc(F)cc1)N1CCN(Cc2cc(Cl)cc3c2OCOC3)CC1. The van der Waals surface area contributed by atoms with Crippen molar-refractivity contribution in [3.05, 3.63) is 58.4 Å². The Labute approximate surface area is 168 Å². The molecule has 28 heavy (non-hydrogen) atoms. The quantitative estimate of drug-likeness (QED) is 0.752. The lowest BCUT2D eigenvalue weighted by atomic mass is 10.1. The van der Waals surface area contributed by atoms with Crippen molar-refractivity contribution in [2.24, 2.45) is 0 Å². The molecule has 0 aliphatic carbocycles. The van der Waals surface area contributed by atoms with Gasteiger partial charge in [-0.15, -0.1) is 0 Å². The van der Waals surface area contributed by atoms with Crippen LogP contribution in [0.5, 0.6) is 5.75 Å². The molecule has 2 aromatic rings. The molecule has 4 rings (SSSR count). The summed E-state index contributed by atoms with van der Waals surface area (Å²) >= 11 is 6.22. The monoisotopic (exact) mass is 426 g/mol. The zero-order valence-corrected chi connectivity index (χ0v) is 16.7. The first-order valence-corrected chi connectivity index (χ1v) is 10.8. The molecule has 0 radical (unpaired) electrons. The van der Waals surface area contributed by atoms with Gasteiger partial charge >= 0.3 is 0 Å². The topological polar surface area (TPSA) is 59.1 Å². The summed E-state index contributed by atoms with van der Waals surface area (Å²) in [4.78, 5) is 2.28. The number of ether oxygens (including phenoxy) is 2. The molecule has 1 fully saturated rings. The van der Waals surface area contributed by atoms with Crippen LogP contribution < -0.4 is 4.74 Å². The van der Waals surface area contributed by atoms with Gasteiger partial charge in [0, 0.05) is 48.9 Å². The number of sulfonamides is 1. The molecule has 0 amide bonds. The number of halogens is 2. The second kappa shape index (κ2) is 7.96. The van der Waals surface area contributed by atoms with Gasteiger partial charge in [-0.3, -0.25) is 4.90 Å². The zero-order valence-electron chi connectivity index (χ0n) is 15.1. The average Bonchev–Trinajstić information content (AvgIpc) is 2.68. The third-order valence-corrected chi connectivity index (χ3v) is 7.06. The highest BCUT2D eigenvalue weighted by Gasteiger charge is 2.29. The molecule has 150 valence electrons. The summed E-state index contributed by atoms with van der Waals surface area (Å²) in [6.07, 6.45) is 0. The number of benzene rings is 2. The van der Waals surface area contributed by atoms with E-state index in [-0.39, 0.29) is 11.7 Å². The van der Waals surface area contributed by atoms with Crippen molar-refractivity contribution in [1.29, 1.82) is 0 Å². The van der Waals surface area contributed by atoms with E-state index in [4.69, 9.17) is 21.1 Å². The Morgan fingerprint density at radius 2 is 1.79 bits per heavy atom. The van der Waals surface area contributed by atoms with E-state index in [0.717, 1.165) is 29.0 Å². The molecule has 1 saturated heterocycles. The molecule has 0 spiro atoms. The van der Waals surface area contributed by atoms with Crippen LogP contribution in [0.4, 0.5) is 4.39 Å². The van der Waals surface area contributed by atoms with E-state index in [2.05, 4.69) is 4.90 Å². The second-order valence-electron chi connectivity index (χ2n) is 6.80. The van der Waals surface area contributed by atoms with E-state index < -0.39 is 15.8 Å². The summed E-state index contributed by atoms with van der Waals surface area (Å²) in [5, 5.41) is 0.625. The highest BCUT2D eigenvalue weighted by atomic mass is 35.5. The van der Waals surface area contributed by atoms with Gasteiger partial charge in [-0.25, -0.2) is 12.8 Å². The minimum absolute atomic E-state index is 0.111. The molecule has 0 atom stereocenters. The van der Waals surface area contributed by atoms with Gasteiger partial charge in [0.1, 0.15) is 11.6 Å². The lowest BCUT2D eigenvalue weighted by molar-refractivity contribution is -0.0175. The lowest BCUT2D eigenvalue weighted by Gasteiger charge is -2.34. The Hall–Kier alpha value is -1.71. The maximum Gasteiger partial charge on any atom is 0.243 e. The molecular formula is C19H20ClFN2O4S. The van der Waals surface area contributed by atoms with Crippen molar-refractivity contribution in [3.63, 3.8) is 0 Å². The first kappa shape index (κ1) is 19.6. The van der Waals surface area contributed by atoms with E-state index in [0.29, 0.717) is 44.4 Å². The van der Waals surface area contributed by atoms with Crippen molar-refractivity contribution in [2.45, 2.75) is 18.0 Å². The number of hydrogen-bond acceptors (Lipinski definition) is 5. The van der Waals surface area contributed by atoms with E-state index in [9.17, 15) is 12.8 Å². The highest BCUT2D eigenvalue weighted by molar-refractivity contribution is 7.89. The molecule has 2 aliphatic heterocycles. The molecule has 0 unspecified atom stereocenters. The van der Waals surface area contributed by atoms with Crippen LogP contribution in [0.25, 0.3) is 0 Å². The van der Waals surface area contributed by atoms with E-state index >= 15 is 0 Å². The Kier molecular flexibility index (Phi) is 5.57. The van der Waals surface area contributed by atoms with Crippen LogP contribution >= 0.6 is 11.6 Å². The largest absolute Gasteiger partial charge is 0.467 e. The van der Waals surface area contributed by atoms with Crippen molar-refractivity contribution < 1.29 is 22.3 Å². The minimum atomic E-state index is -3.62. The summed E-state index contributed by atoms with van der Waals surface area (Å²) in [6, 6.07) is 8.65. The van der Waals surface area contributed by atoms with E-state index in [1.807, 2.05) is 12.1 Å². The third kappa shape index (κ3) is 4.01. The standard InChI is InChI=1S/C19H20ClFN2O4S/c20-16-9-14(19-15(10-16)12-26-13-27-19)11-22-5-7-23(8-6-22)28(24,25)18-3-1-17(21)2-4-18/h1-4,9-10H,5-8,11-13H2. The van der Waals surface area contributed by atoms with Gasteiger partial charge in [0.05, 0.1) is 11.5 Å². The number of piperazine rings is 1. The van der Waals surface area contributed by atoms with Crippen molar-refractivity contribution >= 4 is 21.6 Å². The minimum Gasteiger partial charge on any atom is -0.467 e. The molecule has 0 saturated carbocycles. The predicted octanol–water partition coefficient (Wildman–Crippen LogP) is 2.85. The molecule has 2 aliphatic rings. The van der Waals surface area contributed by atoms with Crippen LogP contribution in [0.15, 0.2) is 41.3 Å². The van der Waals surface area contributed by atoms with Gasteiger partial charge in [0.2, 0.25) is 10.0 Å². The van der Waals surface area contributed by atoms with Crippen molar-refractivity contribution in [2.75, 3.05) is 33.0 Å². The Bertz CT molecular complexity index is 961. The predicted molar refractivity (Wildman–Crippen MR) is 102 cm³/mol. The molecular weight excluding hydrogens is 407 g/mol. The van der Waals surface area contributed by atoms with Gasteiger partial charge in [-0.1, -0.05) is 11.6 Å². The molecule has 2 aromatic carbocycles. The zero-order chi connectivity index (χ0) is 19.7. The normalized spacial score (nSPS) is 18.5. The second-order valence-corrected chi connectivity index (χ2v) is 9.17. The lowest BCUT2D eigenvalue weighted by Crippen LogP contribution is -2.48. The van der Waals surface area contributed by atoms with Crippen LogP contribution in [0.3, 0.4) is 0 Å². The van der Waals surface area contributed by atoms with E-state index in [1.165, 1.54) is 16.4 Å². The Morgan fingerprint density at radius 1 is 1.07 bits per heavy atom. The van der Waals surface area contributed by atoms with Gasteiger partial charge < -0.3 is 9.47 Å². The van der Waals surface area contributed by atoms with Crippen molar-refractivity contribution in [1.82, 2.24) is 9.21 Å². The van der Waals surface area contributed by atoms with Crippen LogP contribution in [-0.4, -0.2) is 50.6 Å². The molecule has 0 aromatic heterocycles. The Balaban J connectivity index is 1.44. The molecule has 2 heterocycles. The van der Waals surface area contributed by atoms with Crippen LogP contribution in [-0.2, 0) is 27.9 Å². The average molecular weight is 427 g/mol. The smallest absolute Gasteiger partial charge is 0.243 e. The summed E-state index contributed by atoms with van der Waals surface area (Å²) in [6.45, 7) is 3.19. The number of hydrogen-bond donors (Lipinski definition) is 0. The first-order valence-electron chi connectivity index (χ1n) is 8.93. The van der Waals surface area contributed by atoms with Gasteiger partial charge in [0.15, 0.2) is 6.79 Å². The van der Waals surface area contributed by atoms with E-state index in [1.54, 1.807) is 0 Å². The fraction of sp³-hybridized carbons (Fsp3) is 0.368. The third-order valence-electron chi connectivity index (χ3n) is 4.93. The van der Waals surface area contributed by atoms with Crippen LogP contribution in [0, 0.1) is 5.82 Å². The van der Waals surface area contributed by atoms with Gasteiger partial charge in [-0.2, -0.15) is 4.31 Å². The van der Waals surface area contributed by atoms with Crippen LogP contribution in [0.2, 0.25) is 5.02 Å². The first-order chi connectivity index (χ1) is 13.4. The number of fused-ring (bicyclic) bond motifs is 1. The fourth-order valence-electron chi connectivity index (χ4n) is 3.50. The maximum atomic E-state index is 13.1. The fourth-order valence-corrected chi connectivity index (χ4v) is 5.18. The highest BCUT2D eigenvalue weighted by Crippen LogP contribution is 2.32. The molecule has 0 N–H and O–H groups in total. The molecule has 9 heteroatoms. The van der Waals surface area contributed by atoms with Gasteiger partial charge in [-0.05, 0) is 36.4 Å². The van der Waals surface area contributed by atoms with Gasteiger partial charge in [0.25, 0.3) is 0 Å². The number of rotatable bonds is 4. The summed E-state index contributed by atoms with van der Waals surface area (Å²) in [7, 11) is -3.62. The maximum absolute atomic E-state index is 13.1. The summed E-state index contributed by atoms with van der Waals surface area (Å²) in [5.74, 6) is 0.346. The molecule has 0 bridgehead atoms. The summed E-state index contributed by atoms with van der Waals surface area (Å²) in [5.41, 5.74) is 1.90. The van der Waals surface area contributed by atoms with Crippen molar-refractivity contribution in [3.8, 4) is 5.75 Å². The Morgan fingerprint density at radius 3 is 2.50 bits per heavy atom. The summed E-state index contributed by atoms with van der Waals surface area (Å²) < 4.78 is 50.9. The van der Waals surface area contributed by atoms with Crippen LogP contribution in [0.1, 0.15) is 11.1 Å². The number of nitrogens with zero attached hydrogens (tertiary/aromatic N) is 2.